The van der Waals surface area contributed by atoms with E-state index in [1.54, 1.807) is 6.20 Å². The molecule has 5 nitrogen and oxygen atoms in total. The van der Waals surface area contributed by atoms with Crippen LogP contribution in [0.5, 0.6) is 0 Å². The maximum atomic E-state index is 11.4. The van der Waals surface area contributed by atoms with Crippen LogP contribution < -0.4 is 11.1 Å². The number of nitrogens with two attached hydrogens (primary N) is 1. The zero-order valence-corrected chi connectivity index (χ0v) is 11.0. The van der Waals surface area contributed by atoms with Crippen molar-refractivity contribution in [3.8, 4) is 0 Å². The van der Waals surface area contributed by atoms with Crippen LogP contribution in [0.15, 0.2) is 12.3 Å². The molecule has 1 rings (SSSR count). The highest BCUT2D eigenvalue weighted by Crippen LogP contribution is 2.20. The average molecular weight is 255 g/mol. The van der Waals surface area contributed by atoms with Gasteiger partial charge in [0.2, 0.25) is 0 Å². The van der Waals surface area contributed by atoms with Crippen LogP contribution in [0.2, 0.25) is 0 Å². The smallest absolute Gasteiger partial charge is 0.413 e. The molecular formula is C11H17N3O2S. The van der Waals surface area contributed by atoms with Crippen molar-refractivity contribution in [2.45, 2.75) is 26.4 Å². The van der Waals surface area contributed by atoms with Crippen molar-refractivity contribution < 1.29 is 9.53 Å². The highest BCUT2D eigenvalue weighted by Gasteiger charge is 2.16. The maximum Gasteiger partial charge on any atom is 0.413 e. The average Bonchev–Trinajstić information content (AvgIpc) is 2.59. The van der Waals surface area contributed by atoms with Crippen molar-refractivity contribution in [3.63, 3.8) is 0 Å². The third-order valence-electron chi connectivity index (χ3n) is 1.55. The summed E-state index contributed by atoms with van der Waals surface area (Å²) < 4.78 is 5.11. The van der Waals surface area contributed by atoms with Crippen LogP contribution in [0.4, 0.5) is 9.93 Å². The lowest BCUT2D eigenvalue weighted by Gasteiger charge is -2.18. The van der Waals surface area contributed by atoms with Gasteiger partial charge in [-0.25, -0.2) is 9.78 Å². The van der Waals surface area contributed by atoms with Gasteiger partial charge in [0.15, 0.2) is 5.13 Å². The first kappa shape index (κ1) is 13.7. The van der Waals surface area contributed by atoms with Gasteiger partial charge in [0, 0.05) is 17.6 Å². The Balaban J connectivity index is 2.55. The van der Waals surface area contributed by atoms with Crippen molar-refractivity contribution in [1.82, 2.24) is 4.98 Å². The van der Waals surface area contributed by atoms with Crippen LogP contribution in [0.1, 0.15) is 25.6 Å². The number of carbonyl (C=O) groups is 1. The second-order valence-electron chi connectivity index (χ2n) is 4.33. The van der Waals surface area contributed by atoms with Gasteiger partial charge in [0.05, 0.1) is 0 Å². The number of hydrogen-bond acceptors (Lipinski definition) is 5. The summed E-state index contributed by atoms with van der Waals surface area (Å²) in [6.07, 6.45) is 4.85. The molecule has 94 valence electrons. The molecule has 1 aromatic heterocycles. The monoisotopic (exact) mass is 255 g/mol. The number of nitrogens with zero attached hydrogens (tertiary/aromatic N) is 1. The molecule has 0 saturated carbocycles. The van der Waals surface area contributed by atoms with E-state index in [1.165, 1.54) is 11.3 Å². The van der Waals surface area contributed by atoms with E-state index in [9.17, 15) is 4.79 Å². The van der Waals surface area contributed by atoms with Crippen LogP contribution in [0.3, 0.4) is 0 Å². The minimum absolute atomic E-state index is 0.479. The highest BCUT2D eigenvalue weighted by atomic mass is 32.1. The molecule has 1 amide bonds. The fourth-order valence-electron chi connectivity index (χ4n) is 0.997. The molecule has 0 aromatic carbocycles. The first-order chi connectivity index (χ1) is 7.90. The van der Waals surface area contributed by atoms with E-state index in [2.05, 4.69) is 10.3 Å². The van der Waals surface area contributed by atoms with Crippen LogP contribution >= 0.6 is 11.3 Å². The predicted molar refractivity (Wildman–Crippen MR) is 70.1 cm³/mol. The van der Waals surface area contributed by atoms with Gasteiger partial charge in [0.25, 0.3) is 0 Å². The first-order valence-electron chi connectivity index (χ1n) is 5.23. The summed E-state index contributed by atoms with van der Waals surface area (Å²) in [5.41, 5.74) is 4.83. The quantitative estimate of drug-likeness (QED) is 0.869. The first-order valence-corrected chi connectivity index (χ1v) is 6.05. The molecule has 0 radical (unpaired) electrons. The van der Waals surface area contributed by atoms with E-state index >= 15 is 0 Å². The Hall–Kier alpha value is -1.40. The molecule has 0 saturated heterocycles. The predicted octanol–water partition coefficient (Wildman–Crippen LogP) is 2.46. The molecule has 0 atom stereocenters. The normalized spacial score (nSPS) is 11.8. The molecule has 0 aliphatic heterocycles. The molecule has 0 unspecified atom stereocenters. The molecule has 3 N–H and O–H groups in total. The number of hydrogen-bond donors (Lipinski definition) is 2. The Morgan fingerprint density at radius 1 is 1.65 bits per heavy atom. The molecule has 0 spiro atoms. The Labute approximate surface area is 105 Å². The summed E-state index contributed by atoms with van der Waals surface area (Å²) in [5, 5.41) is 3.09. The van der Waals surface area contributed by atoms with Gasteiger partial charge in [0.1, 0.15) is 5.60 Å². The number of amides is 1. The number of anilines is 1. The molecule has 0 fully saturated rings. The molecule has 17 heavy (non-hydrogen) atoms. The van der Waals surface area contributed by atoms with Crippen molar-refractivity contribution in [3.05, 3.63) is 17.2 Å². The minimum Gasteiger partial charge on any atom is -0.444 e. The van der Waals surface area contributed by atoms with E-state index in [-0.39, 0.29) is 0 Å². The standard InChI is InChI=1S/C11H17N3O2S/c1-11(2,3)16-10(15)14-9-13-7-8(17-9)5-4-6-12/h4-5,7H,6,12H2,1-3H3,(H,13,14,15). The molecule has 0 bridgehead atoms. The van der Waals surface area contributed by atoms with Crippen LogP contribution in [-0.2, 0) is 4.74 Å². The number of carbonyl (C=O) groups excluding carboxylic acids is 1. The second kappa shape index (κ2) is 5.79. The number of aromatic nitrogens is 1. The Morgan fingerprint density at radius 3 is 2.94 bits per heavy atom. The largest absolute Gasteiger partial charge is 0.444 e. The van der Waals surface area contributed by atoms with Gasteiger partial charge in [-0.15, -0.1) is 0 Å². The molecule has 0 aliphatic rings. The van der Waals surface area contributed by atoms with E-state index in [1.807, 2.05) is 32.9 Å². The van der Waals surface area contributed by atoms with Crippen LogP contribution in [0, 0.1) is 0 Å². The SMILES string of the molecule is CC(C)(C)OC(=O)Nc1ncc(C=CCN)s1. The van der Waals surface area contributed by atoms with E-state index in [0.717, 1.165) is 4.88 Å². The summed E-state index contributed by atoms with van der Waals surface area (Å²) >= 11 is 1.36. The molecule has 1 aromatic rings. The van der Waals surface area contributed by atoms with Gasteiger partial charge in [-0.3, -0.25) is 5.32 Å². The van der Waals surface area contributed by atoms with Crippen molar-refractivity contribution >= 4 is 28.6 Å². The van der Waals surface area contributed by atoms with Crippen LogP contribution in [0.25, 0.3) is 6.08 Å². The van der Waals surface area contributed by atoms with Crippen molar-refractivity contribution in [2.75, 3.05) is 11.9 Å². The number of nitrogens with one attached hydrogen (secondary N) is 1. The lowest BCUT2D eigenvalue weighted by molar-refractivity contribution is 0.0636. The zero-order valence-electron chi connectivity index (χ0n) is 10.2. The third kappa shape index (κ3) is 5.46. The van der Waals surface area contributed by atoms with Gasteiger partial charge in [-0.2, -0.15) is 0 Å². The zero-order chi connectivity index (χ0) is 12.9. The second-order valence-corrected chi connectivity index (χ2v) is 5.39. The van der Waals surface area contributed by atoms with Gasteiger partial charge in [-0.05, 0) is 26.8 Å². The van der Waals surface area contributed by atoms with Crippen LogP contribution in [-0.4, -0.2) is 23.2 Å². The Kier molecular flexibility index (Phi) is 4.65. The van der Waals surface area contributed by atoms with E-state index in [4.69, 9.17) is 10.5 Å². The number of rotatable bonds is 3. The van der Waals surface area contributed by atoms with E-state index in [0.29, 0.717) is 11.7 Å². The summed E-state index contributed by atoms with van der Waals surface area (Å²) in [6.45, 7) is 5.91. The summed E-state index contributed by atoms with van der Waals surface area (Å²) in [5.74, 6) is 0. The molecule has 6 heteroatoms. The summed E-state index contributed by atoms with van der Waals surface area (Å²) in [6, 6.07) is 0. The topological polar surface area (TPSA) is 77.2 Å². The third-order valence-corrected chi connectivity index (χ3v) is 2.43. The Bertz CT molecular complexity index is 407. The fourth-order valence-corrected chi connectivity index (χ4v) is 1.73. The van der Waals surface area contributed by atoms with E-state index < -0.39 is 11.7 Å². The summed E-state index contributed by atoms with van der Waals surface area (Å²) in [4.78, 5) is 16.4. The van der Waals surface area contributed by atoms with Crippen molar-refractivity contribution in [1.29, 1.82) is 0 Å². The van der Waals surface area contributed by atoms with Gasteiger partial charge < -0.3 is 10.5 Å². The maximum absolute atomic E-state index is 11.4. The number of thiazole rings is 1. The van der Waals surface area contributed by atoms with Gasteiger partial charge >= 0.3 is 6.09 Å². The van der Waals surface area contributed by atoms with Gasteiger partial charge in [-0.1, -0.05) is 17.4 Å². The number of ether oxygens (including phenoxy) is 1. The molecule has 1 heterocycles. The molecular weight excluding hydrogens is 238 g/mol. The lowest BCUT2D eigenvalue weighted by Crippen LogP contribution is -2.27. The van der Waals surface area contributed by atoms with Crippen molar-refractivity contribution in [2.24, 2.45) is 5.73 Å². The summed E-state index contributed by atoms with van der Waals surface area (Å²) in [7, 11) is 0. The molecule has 0 aliphatic carbocycles. The fraction of sp³-hybridized carbons (Fsp3) is 0.455. The minimum atomic E-state index is -0.510. The lowest BCUT2D eigenvalue weighted by atomic mass is 10.2. The Morgan fingerprint density at radius 2 is 2.35 bits per heavy atom. The highest BCUT2D eigenvalue weighted by molar-refractivity contribution is 7.16.